The van der Waals surface area contributed by atoms with E-state index in [0.29, 0.717) is 23.2 Å². The third kappa shape index (κ3) is 3.95. The fraction of sp³-hybridized carbons (Fsp3) is 0.208. The normalized spacial score (nSPS) is 18.1. The van der Waals surface area contributed by atoms with Crippen LogP contribution in [0.15, 0.2) is 72.8 Å². The summed E-state index contributed by atoms with van der Waals surface area (Å²) in [5, 5.41) is 12.4. The summed E-state index contributed by atoms with van der Waals surface area (Å²) < 4.78 is 41.5. The molecule has 1 unspecified atom stereocenters. The Morgan fingerprint density at radius 3 is 2.48 bits per heavy atom. The number of aromatic hydroxyl groups is 1. The highest BCUT2D eigenvalue weighted by Crippen LogP contribution is 2.47. The van der Waals surface area contributed by atoms with E-state index in [1.165, 1.54) is 24.3 Å². The molecule has 3 aromatic carbocycles. The Morgan fingerprint density at radius 2 is 1.77 bits per heavy atom. The average Bonchev–Trinajstić information content (AvgIpc) is 2.75. The summed E-state index contributed by atoms with van der Waals surface area (Å²) >= 11 is 0. The van der Waals surface area contributed by atoms with E-state index >= 15 is 0 Å². The van der Waals surface area contributed by atoms with Crippen molar-refractivity contribution in [1.29, 1.82) is 0 Å². The van der Waals surface area contributed by atoms with Crippen LogP contribution in [-0.4, -0.2) is 29.0 Å². The van der Waals surface area contributed by atoms with Crippen LogP contribution in [0.25, 0.3) is 0 Å². The molecule has 0 aliphatic carbocycles. The Bertz CT molecular complexity index is 1090. The third-order valence-corrected chi connectivity index (χ3v) is 5.63. The van der Waals surface area contributed by atoms with Gasteiger partial charge in [0.2, 0.25) is 0 Å². The molecule has 4 nitrogen and oxygen atoms in total. The Morgan fingerprint density at radius 1 is 1.00 bits per heavy atom. The maximum atomic E-state index is 14.3. The summed E-state index contributed by atoms with van der Waals surface area (Å²) in [6.45, 7) is -0.809. The van der Waals surface area contributed by atoms with E-state index in [0.717, 1.165) is 10.5 Å². The van der Waals surface area contributed by atoms with Gasteiger partial charge in [-0.15, -0.1) is 0 Å². The fourth-order valence-corrected chi connectivity index (χ4v) is 4.32. The van der Waals surface area contributed by atoms with E-state index in [1.807, 2.05) is 6.07 Å². The highest BCUT2D eigenvalue weighted by atomic mass is 19.3. The molecule has 1 atom stereocenters. The lowest BCUT2D eigenvalue weighted by Gasteiger charge is -2.48. The van der Waals surface area contributed by atoms with Crippen molar-refractivity contribution < 1.29 is 23.1 Å². The lowest BCUT2D eigenvalue weighted by molar-refractivity contribution is 0.0556. The zero-order valence-corrected chi connectivity index (χ0v) is 16.6. The average molecular weight is 426 g/mol. The van der Waals surface area contributed by atoms with Gasteiger partial charge in [0.25, 0.3) is 6.43 Å². The first-order chi connectivity index (χ1) is 14.9. The summed E-state index contributed by atoms with van der Waals surface area (Å²) in [4.78, 5) is 14.1. The van der Waals surface area contributed by atoms with Crippen LogP contribution < -0.4 is 5.32 Å². The van der Waals surface area contributed by atoms with Crippen molar-refractivity contribution in [3.05, 3.63) is 95.3 Å². The Labute approximate surface area is 177 Å². The van der Waals surface area contributed by atoms with Crippen LogP contribution in [0, 0.1) is 5.82 Å². The van der Waals surface area contributed by atoms with Gasteiger partial charge in [0.05, 0.1) is 12.1 Å². The van der Waals surface area contributed by atoms with E-state index in [2.05, 4.69) is 5.32 Å². The van der Waals surface area contributed by atoms with Crippen LogP contribution in [0.1, 0.15) is 23.1 Å². The number of carbonyl (C=O) groups excluding carboxylic acids is 1. The van der Waals surface area contributed by atoms with Crippen LogP contribution in [0.5, 0.6) is 5.75 Å². The molecule has 31 heavy (non-hydrogen) atoms. The lowest BCUT2D eigenvalue weighted by atomic mass is 9.75. The topological polar surface area (TPSA) is 52.6 Å². The molecule has 0 saturated carbocycles. The number of halogens is 3. The predicted molar refractivity (Wildman–Crippen MR) is 112 cm³/mol. The monoisotopic (exact) mass is 426 g/mol. The van der Waals surface area contributed by atoms with Crippen LogP contribution in [-0.2, 0) is 12.0 Å². The molecule has 0 aromatic heterocycles. The maximum Gasteiger partial charge on any atom is 0.323 e. The Kier molecular flexibility index (Phi) is 5.59. The molecule has 2 amide bonds. The summed E-state index contributed by atoms with van der Waals surface area (Å²) in [5.74, 6) is -0.437. The smallest absolute Gasteiger partial charge is 0.323 e. The molecular weight excluding hydrogens is 405 g/mol. The molecule has 0 spiro atoms. The molecule has 0 fully saturated rings. The minimum atomic E-state index is -2.77. The number of amides is 2. The summed E-state index contributed by atoms with van der Waals surface area (Å²) in [6.07, 6.45) is -2.19. The first kappa shape index (κ1) is 20.8. The van der Waals surface area contributed by atoms with Crippen LogP contribution in [0.4, 0.5) is 23.7 Å². The van der Waals surface area contributed by atoms with Crippen molar-refractivity contribution in [2.45, 2.75) is 24.8 Å². The maximum absolute atomic E-state index is 14.3. The number of aryl methyl sites for hydroxylation is 1. The second kappa shape index (κ2) is 8.34. The number of hydrogen-bond acceptors (Lipinski definition) is 2. The van der Waals surface area contributed by atoms with E-state index in [1.54, 1.807) is 42.5 Å². The number of hydrogen-bond donors (Lipinski definition) is 2. The van der Waals surface area contributed by atoms with Crippen LogP contribution >= 0.6 is 0 Å². The van der Waals surface area contributed by atoms with Crippen molar-refractivity contribution in [1.82, 2.24) is 4.90 Å². The number of phenols is 1. The first-order valence-electron chi connectivity index (χ1n) is 9.90. The standard InChI is InChI=1S/C24H21F3N2O2/c25-18-9-10-21-20(14-18)24(17-6-2-1-3-7-17,29(15-22(26)27)23(31)28-21)12-11-16-5-4-8-19(30)13-16/h1-10,13-14,22,30H,11-12,15H2,(H,28,31). The molecule has 7 heteroatoms. The van der Waals surface area contributed by atoms with Crippen molar-refractivity contribution >= 4 is 11.7 Å². The molecule has 1 aliphatic rings. The molecule has 2 N–H and O–H groups in total. The van der Waals surface area contributed by atoms with Crippen molar-refractivity contribution in [2.75, 3.05) is 11.9 Å². The molecule has 4 rings (SSSR count). The van der Waals surface area contributed by atoms with Gasteiger partial charge in [-0.3, -0.25) is 0 Å². The van der Waals surface area contributed by atoms with Crippen molar-refractivity contribution in [3.63, 3.8) is 0 Å². The van der Waals surface area contributed by atoms with Crippen LogP contribution in [0.2, 0.25) is 0 Å². The van der Waals surface area contributed by atoms with E-state index in [4.69, 9.17) is 0 Å². The fourth-order valence-electron chi connectivity index (χ4n) is 4.32. The van der Waals surface area contributed by atoms with Gasteiger partial charge >= 0.3 is 6.03 Å². The van der Waals surface area contributed by atoms with Gasteiger partial charge in [0, 0.05) is 11.3 Å². The SMILES string of the molecule is O=C1Nc2ccc(F)cc2C(CCc2cccc(O)c2)(c2ccccc2)N1CC(F)F. The van der Waals surface area contributed by atoms with E-state index < -0.39 is 30.4 Å². The van der Waals surface area contributed by atoms with Gasteiger partial charge in [0.1, 0.15) is 11.6 Å². The largest absolute Gasteiger partial charge is 0.508 e. The number of alkyl halides is 2. The number of urea groups is 1. The number of fused-ring (bicyclic) bond motifs is 1. The quantitative estimate of drug-likeness (QED) is 0.545. The van der Waals surface area contributed by atoms with E-state index in [9.17, 15) is 23.1 Å². The molecule has 1 aliphatic heterocycles. The Hall–Kier alpha value is -3.48. The third-order valence-electron chi connectivity index (χ3n) is 5.63. The Balaban J connectivity index is 1.92. The molecule has 0 radical (unpaired) electrons. The predicted octanol–water partition coefficient (Wildman–Crippen LogP) is 5.52. The second-order valence-electron chi connectivity index (χ2n) is 7.52. The highest BCUT2D eigenvalue weighted by Gasteiger charge is 2.48. The molecule has 0 bridgehead atoms. The second-order valence-corrected chi connectivity index (χ2v) is 7.52. The number of carbonyl (C=O) groups is 1. The number of nitrogens with one attached hydrogen (secondary N) is 1. The van der Waals surface area contributed by atoms with Gasteiger partial charge in [-0.2, -0.15) is 0 Å². The van der Waals surface area contributed by atoms with Gasteiger partial charge in [-0.1, -0.05) is 42.5 Å². The molecular formula is C24H21F3N2O2. The number of nitrogens with zero attached hydrogens (tertiary/aromatic N) is 1. The summed E-state index contributed by atoms with van der Waals surface area (Å²) in [5.41, 5.74) is 0.868. The first-order valence-corrected chi connectivity index (χ1v) is 9.90. The van der Waals surface area contributed by atoms with Gasteiger partial charge in [0.15, 0.2) is 0 Å². The van der Waals surface area contributed by atoms with Crippen molar-refractivity contribution in [3.8, 4) is 5.75 Å². The summed E-state index contributed by atoms with van der Waals surface area (Å²) in [6, 6.07) is 18.8. The van der Waals surface area contributed by atoms with Gasteiger partial charge in [-0.25, -0.2) is 18.0 Å². The molecule has 1 heterocycles. The molecule has 160 valence electrons. The van der Waals surface area contributed by atoms with Crippen LogP contribution in [0.3, 0.4) is 0 Å². The minimum absolute atomic E-state index is 0.0866. The molecule has 0 saturated heterocycles. The molecule has 3 aromatic rings. The van der Waals surface area contributed by atoms with Crippen molar-refractivity contribution in [2.24, 2.45) is 0 Å². The number of anilines is 1. The van der Waals surface area contributed by atoms with Gasteiger partial charge < -0.3 is 15.3 Å². The highest BCUT2D eigenvalue weighted by molar-refractivity contribution is 5.94. The van der Waals surface area contributed by atoms with E-state index in [-0.39, 0.29) is 12.2 Å². The lowest BCUT2D eigenvalue weighted by Crippen LogP contribution is -2.57. The number of phenolic OH excluding ortho intramolecular Hbond substituents is 1. The number of benzene rings is 3. The minimum Gasteiger partial charge on any atom is -0.508 e. The zero-order chi connectivity index (χ0) is 22.0. The van der Waals surface area contributed by atoms with Gasteiger partial charge in [-0.05, 0) is 54.3 Å². The summed E-state index contributed by atoms with van der Waals surface area (Å²) in [7, 11) is 0. The number of rotatable bonds is 6. The zero-order valence-electron chi connectivity index (χ0n) is 16.6.